The second kappa shape index (κ2) is 8.83. The average molecular weight is 377 g/mol. The fraction of sp³-hybridized carbons (Fsp3) is 0.263. The SMILES string of the molecule is CC[C@@H](C)c1ccccc1NC(=S)NC(=O)c1ccc(OC)c(Cl)c1. The summed E-state index contributed by atoms with van der Waals surface area (Å²) in [4.78, 5) is 12.3. The summed E-state index contributed by atoms with van der Waals surface area (Å²) in [6, 6.07) is 12.8. The van der Waals surface area contributed by atoms with Crippen molar-refractivity contribution in [2.24, 2.45) is 0 Å². The second-order valence-corrected chi connectivity index (χ2v) is 6.47. The lowest BCUT2D eigenvalue weighted by Gasteiger charge is -2.17. The minimum Gasteiger partial charge on any atom is -0.495 e. The lowest BCUT2D eigenvalue weighted by Crippen LogP contribution is -2.34. The highest BCUT2D eigenvalue weighted by Gasteiger charge is 2.13. The van der Waals surface area contributed by atoms with Crippen molar-refractivity contribution in [3.8, 4) is 5.75 Å². The van der Waals surface area contributed by atoms with Gasteiger partial charge in [0, 0.05) is 11.3 Å². The van der Waals surface area contributed by atoms with E-state index in [0.29, 0.717) is 22.3 Å². The van der Waals surface area contributed by atoms with Crippen molar-refractivity contribution in [3.63, 3.8) is 0 Å². The number of carbonyl (C=O) groups is 1. The summed E-state index contributed by atoms with van der Waals surface area (Å²) in [7, 11) is 1.52. The quantitative estimate of drug-likeness (QED) is 0.722. The topological polar surface area (TPSA) is 50.4 Å². The molecule has 0 aliphatic rings. The Hall–Kier alpha value is -2.11. The molecule has 0 radical (unpaired) electrons. The smallest absolute Gasteiger partial charge is 0.257 e. The predicted octanol–water partition coefficient (Wildman–Crippen LogP) is 4.99. The van der Waals surface area contributed by atoms with E-state index in [1.807, 2.05) is 18.2 Å². The third kappa shape index (κ3) is 4.94. The minimum absolute atomic E-state index is 0.243. The van der Waals surface area contributed by atoms with Crippen LogP contribution in [0.4, 0.5) is 5.69 Å². The van der Waals surface area contributed by atoms with E-state index in [1.54, 1.807) is 18.2 Å². The maximum absolute atomic E-state index is 12.3. The van der Waals surface area contributed by atoms with Crippen LogP contribution in [0.25, 0.3) is 0 Å². The van der Waals surface area contributed by atoms with Crippen molar-refractivity contribution in [1.82, 2.24) is 5.32 Å². The van der Waals surface area contributed by atoms with E-state index in [2.05, 4.69) is 30.5 Å². The fourth-order valence-corrected chi connectivity index (χ4v) is 2.86. The van der Waals surface area contributed by atoms with Crippen molar-refractivity contribution in [2.45, 2.75) is 26.2 Å². The number of nitrogens with one attached hydrogen (secondary N) is 2. The van der Waals surface area contributed by atoms with Crippen LogP contribution >= 0.6 is 23.8 Å². The summed E-state index contributed by atoms with van der Waals surface area (Å²) in [6.45, 7) is 4.29. The highest BCUT2D eigenvalue weighted by molar-refractivity contribution is 7.80. The van der Waals surface area contributed by atoms with Crippen LogP contribution in [-0.2, 0) is 0 Å². The number of rotatable bonds is 5. The van der Waals surface area contributed by atoms with Gasteiger partial charge in [0.1, 0.15) is 5.75 Å². The van der Waals surface area contributed by atoms with Crippen LogP contribution < -0.4 is 15.4 Å². The van der Waals surface area contributed by atoms with Crippen LogP contribution in [0, 0.1) is 0 Å². The van der Waals surface area contributed by atoms with Gasteiger partial charge >= 0.3 is 0 Å². The third-order valence-electron chi connectivity index (χ3n) is 3.99. The zero-order valence-corrected chi connectivity index (χ0v) is 16.0. The van der Waals surface area contributed by atoms with Gasteiger partial charge in [0.15, 0.2) is 5.11 Å². The number of benzene rings is 2. The van der Waals surface area contributed by atoms with Crippen molar-refractivity contribution < 1.29 is 9.53 Å². The molecule has 0 bridgehead atoms. The molecule has 2 aromatic carbocycles. The van der Waals surface area contributed by atoms with Crippen molar-refractivity contribution in [1.29, 1.82) is 0 Å². The van der Waals surface area contributed by atoms with Crippen molar-refractivity contribution in [2.75, 3.05) is 12.4 Å². The van der Waals surface area contributed by atoms with Crippen LogP contribution in [0.15, 0.2) is 42.5 Å². The fourth-order valence-electron chi connectivity index (χ4n) is 2.40. The first-order valence-electron chi connectivity index (χ1n) is 8.01. The van der Waals surface area contributed by atoms with Gasteiger partial charge in [-0.05, 0) is 54.4 Å². The van der Waals surface area contributed by atoms with Crippen LogP contribution in [0.5, 0.6) is 5.75 Å². The molecular formula is C19H21ClN2O2S. The molecule has 0 heterocycles. The lowest BCUT2D eigenvalue weighted by molar-refractivity contribution is 0.0977. The maximum Gasteiger partial charge on any atom is 0.257 e. The molecule has 6 heteroatoms. The van der Waals surface area contributed by atoms with E-state index in [-0.39, 0.29) is 11.0 Å². The summed E-state index contributed by atoms with van der Waals surface area (Å²) in [5, 5.41) is 6.40. The molecule has 132 valence electrons. The highest BCUT2D eigenvalue weighted by atomic mass is 35.5. The van der Waals surface area contributed by atoms with Gasteiger partial charge in [-0.25, -0.2) is 0 Å². The molecule has 0 unspecified atom stereocenters. The summed E-state index contributed by atoms with van der Waals surface area (Å²) < 4.78 is 5.08. The standard InChI is InChI=1S/C19H21ClN2O2S/c1-4-12(2)14-7-5-6-8-16(14)21-19(25)22-18(23)13-9-10-17(24-3)15(20)11-13/h5-12H,4H2,1-3H3,(H2,21,22,23,25)/t12-/m1/s1. The summed E-state index contributed by atoms with van der Waals surface area (Å²) >= 11 is 11.3. The van der Waals surface area contributed by atoms with Crippen LogP contribution in [-0.4, -0.2) is 18.1 Å². The molecule has 4 nitrogen and oxygen atoms in total. The Labute approximate surface area is 158 Å². The Morgan fingerprint density at radius 1 is 1.28 bits per heavy atom. The first-order valence-corrected chi connectivity index (χ1v) is 8.79. The van der Waals surface area contributed by atoms with Gasteiger partial charge in [0.2, 0.25) is 0 Å². The van der Waals surface area contributed by atoms with E-state index in [0.717, 1.165) is 17.7 Å². The number of anilines is 1. The monoisotopic (exact) mass is 376 g/mol. The van der Waals surface area contributed by atoms with E-state index in [4.69, 9.17) is 28.6 Å². The number of hydrogen-bond acceptors (Lipinski definition) is 3. The molecule has 0 aliphatic carbocycles. The number of hydrogen-bond donors (Lipinski definition) is 2. The molecule has 0 saturated carbocycles. The Morgan fingerprint density at radius 3 is 2.64 bits per heavy atom. The molecule has 0 fully saturated rings. The van der Waals surface area contributed by atoms with E-state index < -0.39 is 0 Å². The zero-order valence-electron chi connectivity index (χ0n) is 14.4. The van der Waals surface area contributed by atoms with E-state index >= 15 is 0 Å². The van der Waals surface area contributed by atoms with E-state index in [9.17, 15) is 4.79 Å². The molecule has 2 rings (SSSR count). The molecule has 0 aromatic heterocycles. The van der Waals surface area contributed by atoms with Crippen molar-refractivity contribution >= 4 is 40.5 Å². The number of halogens is 1. The molecule has 0 spiro atoms. The third-order valence-corrected chi connectivity index (χ3v) is 4.49. The van der Waals surface area contributed by atoms with Gasteiger partial charge in [-0.3, -0.25) is 10.1 Å². The van der Waals surface area contributed by atoms with E-state index in [1.165, 1.54) is 7.11 Å². The van der Waals surface area contributed by atoms with Crippen LogP contribution in [0.1, 0.15) is 42.1 Å². The first-order chi connectivity index (χ1) is 12.0. The van der Waals surface area contributed by atoms with Gasteiger partial charge in [-0.15, -0.1) is 0 Å². The molecule has 2 aromatic rings. The van der Waals surface area contributed by atoms with Crippen LogP contribution in [0.3, 0.4) is 0 Å². The number of methoxy groups -OCH3 is 1. The minimum atomic E-state index is -0.330. The Kier molecular flexibility index (Phi) is 6.79. The second-order valence-electron chi connectivity index (χ2n) is 5.65. The lowest BCUT2D eigenvalue weighted by atomic mass is 9.97. The molecule has 1 amide bonds. The molecule has 0 aliphatic heterocycles. The number of thiocarbonyl (C=S) groups is 1. The predicted molar refractivity (Wildman–Crippen MR) is 107 cm³/mol. The Balaban J connectivity index is 2.08. The van der Waals surface area contributed by atoms with Gasteiger partial charge in [-0.2, -0.15) is 0 Å². The summed E-state index contributed by atoms with van der Waals surface area (Å²) in [6.07, 6.45) is 1.02. The average Bonchev–Trinajstić information content (AvgIpc) is 2.61. The zero-order chi connectivity index (χ0) is 18.4. The van der Waals surface area contributed by atoms with Crippen LogP contribution in [0.2, 0.25) is 5.02 Å². The highest BCUT2D eigenvalue weighted by Crippen LogP contribution is 2.27. The van der Waals surface area contributed by atoms with Gasteiger partial charge in [-0.1, -0.05) is 43.6 Å². The molecule has 0 saturated heterocycles. The Morgan fingerprint density at radius 2 is 2.00 bits per heavy atom. The maximum atomic E-state index is 12.3. The summed E-state index contributed by atoms with van der Waals surface area (Å²) in [5.74, 6) is 0.576. The normalized spacial score (nSPS) is 11.5. The van der Waals surface area contributed by atoms with Gasteiger partial charge in [0.05, 0.1) is 12.1 Å². The summed E-state index contributed by atoms with van der Waals surface area (Å²) in [5.41, 5.74) is 2.47. The first kappa shape index (κ1) is 19.2. The van der Waals surface area contributed by atoms with Crippen molar-refractivity contribution in [3.05, 3.63) is 58.6 Å². The molecule has 1 atom stereocenters. The Bertz CT molecular complexity index is 780. The van der Waals surface area contributed by atoms with Gasteiger partial charge in [0.25, 0.3) is 5.91 Å². The largest absolute Gasteiger partial charge is 0.495 e. The van der Waals surface area contributed by atoms with Gasteiger partial charge < -0.3 is 10.1 Å². The molecular weight excluding hydrogens is 356 g/mol. The number of ether oxygens (including phenoxy) is 1. The molecule has 25 heavy (non-hydrogen) atoms. The number of para-hydroxylation sites is 1. The molecule has 2 N–H and O–H groups in total. The number of amides is 1. The number of carbonyl (C=O) groups excluding carboxylic acids is 1.